The van der Waals surface area contributed by atoms with E-state index in [-0.39, 0.29) is 35.5 Å². The summed E-state index contributed by atoms with van der Waals surface area (Å²) in [6.45, 7) is 6.00. The summed E-state index contributed by atoms with van der Waals surface area (Å²) in [6.07, 6.45) is 0.337. The van der Waals surface area contributed by atoms with Gasteiger partial charge in [-0.2, -0.15) is 9.97 Å². The van der Waals surface area contributed by atoms with Gasteiger partial charge in [0.2, 0.25) is 5.95 Å². The molecule has 184 valence electrons. The Morgan fingerprint density at radius 3 is 2.36 bits per heavy atom. The molecular formula is C28H29N5O3. The van der Waals surface area contributed by atoms with E-state index in [1.54, 1.807) is 48.5 Å². The number of nitrogens with two attached hydrogens (primary N) is 1. The van der Waals surface area contributed by atoms with Crippen molar-refractivity contribution in [1.82, 2.24) is 15.0 Å². The van der Waals surface area contributed by atoms with Gasteiger partial charge in [-0.15, -0.1) is 0 Å². The number of hydrogen-bond donors (Lipinski definition) is 4. The predicted molar refractivity (Wildman–Crippen MR) is 140 cm³/mol. The second-order valence-corrected chi connectivity index (χ2v) is 9.55. The second-order valence-electron chi connectivity index (χ2n) is 9.55. The van der Waals surface area contributed by atoms with Crippen LogP contribution in [0.25, 0.3) is 11.4 Å². The zero-order valence-electron chi connectivity index (χ0n) is 20.5. The van der Waals surface area contributed by atoms with Gasteiger partial charge in [0.15, 0.2) is 5.82 Å². The van der Waals surface area contributed by atoms with Crippen LogP contribution in [-0.2, 0) is 18.4 Å². The molecule has 0 saturated heterocycles. The Labute approximate surface area is 209 Å². The molecule has 1 heterocycles. The molecule has 1 amide bonds. The van der Waals surface area contributed by atoms with Gasteiger partial charge in [-0.25, -0.2) is 4.98 Å². The molecule has 0 aliphatic rings. The van der Waals surface area contributed by atoms with Gasteiger partial charge in [-0.05, 0) is 46.9 Å². The van der Waals surface area contributed by atoms with Gasteiger partial charge in [0, 0.05) is 28.8 Å². The number of carbonyl (C=O) groups is 1. The summed E-state index contributed by atoms with van der Waals surface area (Å²) in [5, 5.41) is 22.8. The van der Waals surface area contributed by atoms with Crippen molar-refractivity contribution in [3.05, 3.63) is 94.8 Å². The number of carbonyl (C=O) groups excluding carboxylic acids is 1. The molecule has 0 aliphatic carbocycles. The number of aliphatic hydroxyl groups excluding tert-OH is 1. The molecule has 36 heavy (non-hydrogen) atoms. The smallest absolute Gasteiger partial charge is 0.255 e. The Hall–Kier alpha value is -4.30. The second kappa shape index (κ2) is 10.1. The fourth-order valence-corrected chi connectivity index (χ4v) is 3.89. The topological polar surface area (TPSA) is 134 Å². The van der Waals surface area contributed by atoms with Crippen molar-refractivity contribution in [2.75, 3.05) is 11.1 Å². The first-order chi connectivity index (χ1) is 17.1. The lowest BCUT2D eigenvalue weighted by Gasteiger charge is -2.19. The summed E-state index contributed by atoms with van der Waals surface area (Å²) < 4.78 is 0. The Morgan fingerprint density at radius 1 is 0.972 bits per heavy atom. The van der Waals surface area contributed by atoms with Gasteiger partial charge in [0.25, 0.3) is 5.91 Å². The molecule has 1 aromatic heterocycles. The number of aromatic nitrogens is 3. The van der Waals surface area contributed by atoms with E-state index in [0.717, 1.165) is 11.1 Å². The molecule has 0 saturated carbocycles. The van der Waals surface area contributed by atoms with Crippen LogP contribution in [0.1, 0.15) is 53.6 Å². The van der Waals surface area contributed by atoms with Gasteiger partial charge in [-0.1, -0.05) is 57.2 Å². The molecule has 3 aromatic carbocycles. The zero-order chi connectivity index (χ0) is 25.9. The van der Waals surface area contributed by atoms with E-state index in [2.05, 4.69) is 41.0 Å². The van der Waals surface area contributed by atoms with Crippen molar-refractivity contribution in [2.45, 2.75) is 39.2 Å². The quantitative estimate of drug-likeness (QED) is 0.318. The van der Waals surface area contributed by atoms with Gasteiger partial charge < -0.3 is 21.3 Å². The van der Waals surface area contributed by atoms with Gasteiger partial charge >= 0.3 is 0 Å². The van der Waals surface area contributed by atoms with Crippen molar-refractivity contribution in [3.63, 3.8) is 0 Å². The Morgan fingerprint density at radius 2 is 1.69 bits per heavy atom. The number of aromatic hydroxyl groups is 1. The highest BCUT2D eigenvalue weighted by atomic mass is 16.3. The SMILES string of the molecule is CC(C)(C)c1ccc(C(=O)Nc2cccc(-c3nc(N)nc(Cc4cccc(O)c4)n3)c2CO)cc1. The summed E-state index contributed by atoms with van der Waals surface area (Å²) >= 11 is 0. The number of benzene rings is 3. The molecule has 4 aromatic rings. The first-order valence-electron chi connectivity index (χ1n) is 11.6. The fourth-order valence-electron chi connectivity index (χ4n) is 3.89. The van der Waals surface area contributed by atoms with Crippen LogP contribution in [0.15, 0.2) is 66.7 Å². The van der Waals surface area contributed by atoms with E-state index in [0.29, 0.717) is 34.6 Å². The lowest BCUT2D eigenvalue weighted by Crippen LogP contribution is -2.15. The number of phenolic OH excluding ortho intramolecular Hbond substituents is 1. The first kappa shape index (κ1) is 24.8. The molecule has 8 heteroatoms. The summed E-state index contributed by atoms with van der Waals surface area (Å²) in [5.41, 5.74) is 9.85. The Balaban J connectivity index is 1.63. The maximum atomic E-state index is 13.0. The maximum Gasteiger partial charge on any atom is 0.255 e. The molecular weight excluding hydrogens is 454 g/mol. The lowest BCUT2D eigenvalue weighted by atomic mass is 9.86. The number of aliphatic hydroxyl groups is 1. The van der Waals surface area contributed by atoms with Gasteiger partial charge in [0.1, 0.15) is 11.6 Å². The first-order valence-corrected chi connectivity index (χ1v) is 11.6. The highest BCUT2D eigenvalue weighted by molar-refractivity contribution is 6.05. The summed E-state index contributed by atoms with van der Waals surface area (Å²) in [7, 11) is 0. The van der Waals surface area contributed by atoms with Gasteiger partial charge in [0.05, 0.1) is 6.61 Å². The largest absolute Gasteiger partial charge is 0.508 e. The highest BCUT2D eigenvalue weighted by Crippen LogP contribution is 2.29. The standard InChI is InChI=1S/C28H29N5O3/c1-28(2,3)19-12-10-18(11-13-19)26(36)30-23-9-5-8-21(22(23)16-34)25-31-24(32-27(29)33-25)15-17-6-4-7-20(35)14-17/h4-14,34-35H,15-16H2,1-3H3,(H,30,36)(H2,29,31,32,33). The van der Waals surface area contributed by atoms with E-state index in [1.165, 1.54) is 0 Å². The minimum atomic E-state index is -0.345. The molecule has 0 radical (unpaired) electrons. The molecule has 0 aliphatic heterocycles. The van der Waals surface area contributed by atoms with E-state index >= 15 is 0 Å². The zero-order valence-corrected chi connectivity index (χ0v) is 20.5. The van der Waals surface area contributed by atoms with E-state index in [9.17, 15) is 15.0 Å². The Bertz CT molecular complexity index is 1400. The number of hydrogen-bond acceptors (Lipinski definition) is 7. The molecule has 0 fully saturated rings. The van der Waals surface area contributed by atoms with Crippen molar-refractivity contribution in [2.24, 2.45) is 0 Å². The van der Waals surface area contributed by atoms with Crippen LogP contribution < -0.4 is 11.1 Å². The molecule has 4 rings (SSSR count). The third-order valence-corrected chi connectivity index (χ3v) is 5.81. The van der Waals surface area contributed by atoms with Crippen LogP contribution in [0.3, 0.4) is 0 Å². The fraction of sp³-hybridized carbons (Fsp3) is 0.214. The predicted octanol–water partition coefficient (Wildman–Crippen LogP) is 4.46. The third-order valence-electron chi connectivity index (χ3n) is 5.81. The summed E-state index contributed by atoms with van der Waals surface area (Å²) in [4.78, 5) is 26.0. The molecule has 0 spiro atoms. The van der Waals surface area contributed by atoms with E-state index in [4.69, 9.17) is 5.73 Å². The van der Waals surface area contributed by atoms with Crippen LogP contribution in [0.4, 0.5) is 11.6 Å². The average molecular weight is 484 g/mol. The van der Waals surface area contributed by atoms with Crippen LogP contribution in [0.5, 0.6) is 5.75 Å². The van der Waals surface area contributed by atoms with Crippen LogP contribution in [0.2, 0.25) is 0 Å². The Kier molecular flexibility index (Phi) is 6.98. The van der Waals surface area contributed by atoms with Crippen molar-refractivity contribution in [1.29, 1.82) is 0 Å². The number of phenols is 1. The molecule has 0 atom stereocenters. The van der Waals surface area contributed by atoms with E-state index < -0.39 is 0 Å². The number of nitrogen functional groups attached to an aromatic ring is 1. The third kappa shape index (κ3) is 5.67. The summed E-state index contributed by atoms with van der Waals surface area (Å²) in [5.74, 6) is 0.593. The van der Waals surface area contributed by atoms with Crippen molar-refractivity contribution in [3.8, 4) is 17.1 Å². The normalized spacial score (nSPS) is 11.3. The number of amides is 1. The number of nitrogens with zero attached hydrogens (tertiary/aromatic N) is 3. The van der Waals surface area contributed by atoms with Crippen molar-refractivity contribution < 1.29 is 15.0 Å². The van der Waals surface area contributed by atoms with Crippen molar-refractivity contribution >= 4 is 17.5 Å². The van der Waals surface area contributed by atoms with E-state index in [1.807, 2.05) is 18.2 Å². The van der Waals surface area contributed by atoms with Crippen LogP contribution >= 0.6 is 0 Å². The molecule has 8 nitrogen and oxygen atoms in total. The lowest BCUT2D eigenvalue weighted by molar-refractivity contribution is 0.102. The molecule has 0 bridgehead atoms. The maximum absolute atomic E-state index is 13.0. The minimum Gasteiger partial charge on any atom is -0.508 e. The number of nitrogens with one attached hydrogen (secondary N) is 1. The average Bonchev–Trinajstić information content (AvgIpc) is 2.83. The highest BCUT2D eigenvalue weighted by Gasteiger charge is 2.18. The number of rotatable bonds is 6. The monoisotopic (exact) mass is 483 g/mol. The molecule has 5 N–H and O–H groups in total. The number of anilines is 2. The summed E-state index contributed by atoms with van der Waals surface area (Å²) in [6, 6.07) is 19.5. The van der Waals surface area contributed by atoms with Crippen LogP contribution in [0, 0.1) is 0 Å². The molecule has 0 unspecified atom stereocenters. The van der Waals surface area contributed by atoms with Gasteiger partial charge in [-0.3, -0.25) is 4.79 Å². The van der Waals surface area contributed by atoms with Crippen LogP contribution in [-0.4, -0.2) is 31.1 Å². The minimum absolute atomic E-state index is 0.0144.